The molecule has 0 unspecified atom stereocenters. The molecule has 104 valence electrons. The molecule has 0 atom stereocenters. The minimum absolute atomic E-state index is 0.0255. The number of thiocarbonyl (C=S) groups is 1. The van der Waals surface area contributed by atoms with E-state index in [-0.39, 0.29) is 5.91 Å². The van der Waals surface area contributed by atoms with Crippen molar-refractivity contribution in [2.75, 3.05) is 31.8 Å². The van der Waals surface area contributed by atoms with Crippen LogP contribution in [0.3, 0.4) is 0 Å². The summed E-state index contributed by atoms with van der Waals surface area (Å²) in [6.07, 6.45) is 5.39. The van der Waals surface area contributed by atoms with Crippen molar-refractivity contribution in [3.8, 4) is 0 Å². The molecule has 0 saturated carbocycles. The molecule has 0 aromatic rings. The number of ether oxygens (including phenoxy) is 1. The van der Waals surface area contributed by atoms with E-state index in [4.69, 9.17) is 22.7 Å². The van der Waals surface area contributed by atoms with E-state index < -0.39 is 5.41 Å². The van der Waals surface area contributed by atoms with Gasteiger partial charge in [0.1, 0.15) is 5.41 Å². The molecule has 1 saturated heterocycles. The van der Waals surface area contributed by atoms with Crippen LogP contribution in [0.5, 0.6) is 0 Å². The van der Waals surface area contributed by atoms with Crippen molar-refractivity contribution in [2.45, 2.75) is 25.7 Å². The summed E-state index contributed by atoms with van der Waals surface area (Å²) in [6.45, 7) is 1.80. The molecule has 3 N–H and O–H groups in total. The van der Waals surface area contributed by atoms with Gasteiger partial charge in [-0.2, -0.15) is 11.8 Å². The Morgan fingerprint density at radius 3 is 2.67 bits per heavy atom. The van der Waals surface area contributed by atoms with E-state index in [1.807, 2.05) is 11.8 Å². The largest absolute Gasteiger partial charge is 0.392 e. The van der Waals surface area contributed by atoms with Crippen LogP contribution in [0.2, 0.25) is 0 Å². The molecule has 0 bridgehead atoms. The molecule has 4 nitrogen and oxygen atoms in total. The van der Waals surface area contributed by atoms with Gasteiger partial charge in [0.05, 0.1) is 4.99 Å². The van der Waals surface area contributed by atoms with E-state index in [9.17, 15) is 4.79 Å². The van der Waals surface area contributed by atoms with E-state index in [1.54, 1.807) is 0 Å². The summed E-state index contributed by atoms with van der Waals surface area (Å²) in [6, 6.07) is 0. The highest BCUT2D eigenvalue weighted by atomic mass is 32.2. The maximum Gasteiger partial charge on any atom is 0.233 e. The second kappa shape index (κ2) is 7.96. The highest BCUT2D eigenvalue weighted by Crippen LogP contribution is 2.31. The van der Waals surface area contributed by atoms with Gasteiger partial charge in [0, 0.05) is 19.8 Å². The molecule has 18 heavy (non-hydrogen) atoms. The third kappa shape index (κ3) is 4.10. The van der Waals surface area contributed by atoms with Gasteiger partial charge in [-0.3, -0.25) is 4.79 Å². The van der Waals surface area contributed by atoms with Gasteiger partial charge in [0.25, 0.3) is 0 Å². The van der Waals surface area contributed by atoms with E-state index in [2.05, 4.69) is 11.6 Å². The first-order valence-electron chi connectivity index (χ1n) is 6.28. The maximum atomic E-state index is 12.3. The summed E-state index contributed by atoms with van der Waals surface area (Å²) in [5, 5.41) is 2.96. The van der Waals surface area contributed by atoms with Crippen LogP contribution in [-0.4, -0.2) is 42.7 Å². The van der Waals surface area contributed by atoms with E-state index in [0.717, 1.165) is 18.6 Å². The van der Waals surface area contributed by atoms with Gasteiger partial charge in [0.2, 0.25) is 5.91 Å². The fourth-order valence-electron chi connectivity index (χ4n) is 2.05. The second-order valence-corrected chi connectivity index (χ2v) is 5.94. The Balaban J connectivity index is 2.43. The first-order chi connectivity index (χ1) is 8.63. The van der Waals surface area contributed by atoms with Crippen LogP contribution < -0.4 is 11.1 Å². The summed E-state index contributed by atoms with van der Waals surface area (Å²) in [4.78, 5) is 12.6. The molecule has 1 aliphatic rings. The predicted octanol–water partition coefficient (Wildman–Crippen LogP) is 1.33. The number of rotatable bonds is 7. The summed E-state index contributed by atoms with van der Waals surface area (Å²) in [5.74, 6) is 1.10. The summed E-state index contributed by atoms with van der Waals surface area (Å²) >= 11 is 6.91. The quantitative estimate of drug-likeness (QED) is 0.547. The standard InChI is InChI=1S/C12H22N2O2S2/c1-18-9-3-2-6-14-11(15)12(10(13)17)4-7-16-8-5-12/h2-9H2,1H3,(H2,13,17)(H,14,15). The van der Waals surface area contributed by atoms with Crippen molar-refractivity contribution in [1.29, 1.82) is 0 Å². The zero-order valence-corrected chi connectivity index (χ0v) is 12.5. The van der Waals surface area contributed by atoms with Crippen molar-refractivity contribution < 1.29 is 9.53 Å². The zero-order chi connectivity index (χ0) is 13.4. The summed E-state index contributed by atoms with van der Waals surface area (Å²) < 4.78 is 5.28. The van der Waals surface area contributed by atoms with Gasteiger partial charge < -0.3 is 15.8 Å². The fraction of sp³-hybridized carbons (Fsp3) is 0.833. The van der Waals surface area contributed by atoms with Crippen LogP contribution in [0, 0.1) is 5.41 Å². The van der Waals surface area contributed by atoms with Crippen molar-refractivity contribution in [1.82, 2.24) is 5.32 Å². The average Bonchev–Trinajstić information content (AvgIpc) is 2.39. The summed E-state index contributed by atoms with van der Waals surface area (Å²) in [5.41, 5.74) is 5.08. The Hall–Kier alpha value is -0.330. The molecule has 0 spiro atoms. The van der Waals surface area contributed by atoms with Gasteiger partial charge in [0.15, 0.2) is 0 Å². The third-order valence-corrected chi connectivity index (χ3v) is 4.40. The molecule has 0 aliphatic carbocycles. The molecule has 1 fully saturated rings. The normalized spacial score (nSPS) is 18.3. The third-order valence-electron chi connectivity index (χ3n) is 3.31. The van der Waals surface area contributed by atoms with E-state index in [1.165, 1.54) is 0 Å². The van der Waals surface area contributed by atoms with Crippen molar-refractivity contribution in [3.05, 3.63) is 0 Å². The molecule has 6 heteroatoms. The highest BCUT2D eigenvalue weighted by Gasteiger charge is 2.42. The van der Waals surface area contributed by atoms with Crippen LogP contribution in [0.4, 0.5) is 0 Å². The summed E-state index contributed by atoms with van der Waals surface area (Å²) in [7, 11) is 0. The van der Waals surface area contributed by atoms with Crippen LogP contribution in [0.25, 0.3) is 0 Å². The Kier molecular flexibility index (Phi) is 6.96. The second-order valence-electron chi connectivity index (χ2n) is 4.51. The Morgan fingerprint density at radius 2 is 2.11 bits per heavy atom. The molecule has 1 heterocycles. The minimum atomic E-state index is -0.687. The van der Waals surface area contributed by atoms with Crippen LogP contribution in [0.15, 0.2) is 0 Å². The number of nitrogens with one attached hydrogen (secondary N) is 1. The molecule has 0 radical (unpaired) electrons. The van der Waals surface area contributed by atoms with Crippen molar-refractivity contribution >= 4 is 34.9 Å². The SMILES string of the molecule is CSCCCCNC(=O)C1(C(N)=S)CCOCC1. The molecule has 0 aromatic heterocycles. The maximum absolute atomic E-state index is 12.3. The molecular formula is C12H22N2O2S2. The molecule has 1 amide bonds. The highest BCUT2D eigenvalue weighted by molar-refractivity contribution is 7.98. The van der Waals surface area contributed by atoms with Gasteiger partial charge in [-0.05, 0) is 37.7 Å². The first-order valence-corrected chi connectivity index (χ1v) is 8.08. The molecule has 1 aliphatic heterocycles. The van der Waals surface area contributed by atoms with Crippen LogP contribution in [-0.2, 0) is 9.53 Å². The fourth-order valence-corrected chi connectivity index (χ4v) is 2.84. The average molecular weight is 290 g/mol. The molecular weight excluding hydrogens is 268 g/mol. The number of nitrogens with two attached hydrogens (primary N) is 1. The lowest BCUT2D eigenvalue weighted by atomic mass is 9.79. The monoisotopic (exact) mass is 290 g/mol. The van der Waals surface area contributed by atoms with Crippen molar-refractivity contribution in [2.24, 2.45) is 11.1 Å². The number of carbonyl (C=O) groups excluding carboxylic acids is 1. The van der Waals surface area contributed by atoms with Gasteiger partial charge >= 0.3 is 0 Å². The number of unbranched alkanes of at least 4 members (excludes halogenated alkanes) is 1. The van der Waals surface area contributed by atoms with Crippen LogP contribution >= 0.6 is 24.0 Å². The Bertz CT molecular complexity index is 292. The van der Waals surface area contributed by atoms with Crippen molar-refractivity contribution in [3.63, 3.8) is 0 Å². The lowest BCUT2D eigenvalue weighted by molar-refractivity contribution is -0.131. The topological polar surface area (TPSA) is 64.4 Å². The number of amides is 1. The Morgan fingerprint density at radius 1 is 1.44 bits per heavy atom. The first kappa shape index (κ1) is 15.7. The number of hydrogen-bond donors (Lipinski definition) is 2. The number of thioether (sulfide) groups is 1. The lowest BCUT2D eigenvalue weighted by Gasteiger charge is -2.34. The number of carbonyl (C=O) groups is 1. The van der Waals surface area contributed by atoms with Gasteiger partial charge in [-0.25, -0.2) is 0 Å². The minimum Gasteiger partial charge on any atom is -0.392 e. The molecule has 1 rings (SSSR count). The van der Waals surface area contributed by atoms with E-state index in [0.29, 0.717) is 37.6 Å². The smallest absolute Gasteiger partial charge is 0.233 e. The Labute approximate surface area is 118 Å². The van der Waals surface area contributed by atoms with Gasteiger partial charge in [-0.1, -0.05) is 12.2 Å². The lowest BCUT2D eigenvalue weighted by Crippen LogP contribution is -2.52. The number of hydrogen-bond acceptors (Lipinski definition) is 4. The van der Waals surface area contributed by atoms with Gasteiger partial charge in [-0.15, -0.1) is 0 Å². The van der Waals surface area contributed by atoms with E-state index >= 15 is 0 Å². The van der Waals surface area contributed by atoms with Crippen LogP contribution in [0.1, 0.15) is 25.7 Å². The molecule has 0 aromatic carbocycles. The zero-order valence-electron chi connectivity index (χ0n) is 10.9. The predicted molar refractivity (Wildman–Crippen MR) is 79.9 cm³/mol.